The van der Waals surface area contributed by atoms with Gasteiger partial charge in [-0.2, -0.15) is 0 Å². The van der Waals surface area contributed by atoms with Gasteiger partial charge in [-0.15, -0.1) is 6.58 Å². The Morgan fingerprint density at radius 3 is 2.48 bits per heavy atom. The van der Waals surface area contributed by atoms with Crippen molar-refractivity contribution < 1.29 is 19.7 Å². The van der Waals surface area contributed by atoms with Crippen LogP contribution in [-0.2, 0) is 9.53 Å². The van der Waals surface area contributed by atoms with Gasteiger partial charge in [0.15, 0.2) is 6.04 Å². The first-order valence-corrected chi connectivity index (χ1v) is 8.32. The molecule has 0 radical (unpaired) electrons. The van der Waals surface area contributed by atoms with Crippen LogP contribution in [0.5, 0.6) is 0 Å². The summed E-state index contributed by atoms with van der Waals surface area (Å²) in [5.41, 5.74) is -0.395. The second-order valence-corrected chi connectivity index (χ2v) is 7.89. The quantitative estimate of drug-likeness (QED) is 0.600. The molecule has 2 N–H and O–H groups in total. The fourth-order valence-electron chi connectivity index (χ4n) is 4.01. The molecule has 5 heteroatoms. The van der Waals surface area contributed by atoms with Gasteiger partial charge < -0.3 is 14.9 Å². The largest absolute Gasteiger partial charge is 0.461 e. The standard InChI is InChI=1S/C18H29NO4/c1-7-12(20)15(16(21)23-10(2)3)19-14-9-11-8-13(17(11,4)5)18(14,6)22/h7,10-13,15,20,22H,1,8-9H2,2-6H3/b19-14-/t11?,12-,13?,15-,18-/m1/s1. The number of aliphatic imine (C=N–C) groups is 1. The van der Waals surface area contributed by atoms with Gasteiger partial charge in [0.05, 0.1) is 6.10 Å². The molecule has 3 aliphatic rings. The maximum absolute atomic E-state index is 12.2. The zero-order valence-electron chi connectivity index (χ0n) is 14.7. The van der Waals surface area contributed by atoms with Gasteiger partial charge >= 0.3 is 5.97 Å². The van der Waals surface area contributed by atoms with Crippen molar-refractivity contribution in [3.05, 3.63) is 12.7 Å². The van der Waals surface area contributed by atoms with Crippen LogP contribution in [-0.4, -0.2) is 45.7 Å². The molecule has 5 atom stereocenters. The van der Waals surface area contributed by atoms with Crippen LogP contribution in [0.4, 0.5) is 0 Å². The van der Waals surface area contributed by atoms with Crippen molar-refractivity contribution in [3.8, 4) is 0 Å². The van der Waals surface area contributed by atoms with E-state index < -0.39 is 23.7 Å². The third-order valence-electron chi connectivity index (χ3n) is 5.63. The third-order valence-corrected chi connectivity index (χ3v) is 5.63. The van der Waals surface area contributed by atoms with Gasteiger partial charge in [0, 0.05) is 5.71 Å². The van der Waals surface area contributed by atoms with Gasteiger partial charge in [0.1, 0.15) is 11.7 Å². The van der Waals surface area contributed by atoms with Crippen LogP contribution in [0.1, 0.15) is 47.5 Å². The number of ether oxygens (including phenoxy) is 1. The Balaban J connectivity index is 2.29. The van der Waals surface area contributed by atoms with E-state index in [1.165, 1.54) is 6.08 Å². The second-order valence-electron chi connectivity index (χ2n) is 7.89. The number of aliphatic hydroxyl groups excluding tert-OH is 1. The van der Waals surface area contributed by atoms with Crippen LogP contribution in [0.25, 0.3) is 0 Å². The summed E-state index contributed by atoms with van der Waals surface area (Å²) >= 11 is 0. The summed E-state index contributed by atoms with van der Waals surface area (Å²) in [6.45, 7) is 13.1. The first kappa shape index (κ1) is 18.1. The van der Waals surface area contributed by atoms with E-state index >= 15 is 0 Å². The van der Waals surface area contributed by atoms with Crippen molar-refractivity contribution in [2.24, 2.45) is 22.2 Å². The second kappa shape index (κ2) is 6.02. The lowest BCUT2D eigenvalue weighted by atomic mass is 9.44. The van der Waals surface area contributed by atoms with Crippen molar-refractivity contribution in [2.45, 2.75) is 71.3 Å². The molecule has 0 spiro atoms. The lowest BCUT2D eigenvalue weighted by Gasteiger charge is -2.62. The SMILES string of the molecule is C=C[C@@H](O)[C@@H](/N=C1/CC2CC(C2(C)C)[C@@]1(C)O)C(=O)OC(C)C. The molecule has 0 aliphatic heterocycles. The molecule has 0 heterocycles. The number of esters is 1. The Hall–Kier alpha value is -1.20. The highest BCUT2D eigenvalue weighted by molar-refractivity contribution is 5.96. The molecule has 0 saturated heterocycles. The topological polar surface area (TPSA) is 79.1 Å². The predicted molar refractivity (Wildman–Crippen MR) is 89.3 cm³/mol. The van der Waals surface area contributed by atoms with E-state index in [2.05, 4.69) is 25.4 Å². The van der Waals surface area contributed by atoms with Gasteiger partial charge in [0.2, 0.25) is 0 Å². The monoisotopic (exact) mass is 323 g/mol. The first-order valence-electron chi connectivity index (χ1n) is 8.32. The first-order chi connectivity index (χ1) is 10.5. The van der Waals surface area contributed by atoms with Gasteiger partial charge in [-0.3, -0.25) is 4.99 Å². The molecule has 0 aromatic carbocycles. The minimum absolute atomic E-state index is 0.0769. The third kappa shape index (κ3) is 3.09. The van der Waals surface area contributed by atoms with E-state index in [1.807, 2.05) is 0 Å². The Morgan fingerprint density at radius 1 is 1.43 bits per heavy atom. The number of hydrogen-bond acceptors (Lipinski definition) is 5. The molecular weight excluding hydrogens is 294 g/mol. The summed E-state index contributed by atoms with van der Waals surface area (Å²) in [5.74, 6) is -0.0153. The van der Waals surface area contributed by atoms with Crippen LogP contribution < -0.4 is 0 Å². The van der Waals surface area contributed by atoms with Gasteiger partial charge in [-0.05, 0) is 50.9 Å². The molecular formula is C18H29NO4. The molecule has 0 amide bonds. The van der Waals surface area contributed by atoms with Crippen molar-refractivity contribution in [1.29, 1.82) is 0 Å². The molecule has 5 nitrogen and oxygen atoms in total. The summed E-state index contributed by atoms with van der Waals surface area (Å²) < 4.78 is 5.19. The fraction of sp³-hybridized carbons (Fsp3) is 0.778. The van der Waals surface area contributed by atoms with Crippen molar-refractivity contribution >= 4 is 11.7 Å². The number of carbonyl (C=O) groups is 1. The van der Waals surface area contributed by atoms with Crippen molar-refractivity contribution in [3.63, 3.8) is 0 Å². The number of fused-ring (bicyclic) bond motifs is 2. The smallest absolute Gasteiger partial charge is 0.334 e. The summed E-state index contributed by atoms with van der Waals surface area (Å²) in [6, 6.07) is -1.07. The molecule has 2 unspecified atom stereocenters. The minimum Gasteiger partial charge on any atom is -0.461 e. The summed E-state index contributed by atoms with van der Waals surface area (Å²) in [7, 11) is 0. The molecule has 0 aromatic heterocycles. The lowest BCUT2D eigenvalue weighted by molar-refractivity contribution is -0.151. The highest BCUT2D eigenvalue weighted by Crippen LogP contribution is 2.61. The number of rotatable bonds is 5. The summed E-state index contributed by atoms with van der Waals surface area (Å²) in [6.07, 6.45) is 1.48. The number of aliphatic hydroxyl groups is 2. The zero-order chi connectivity index (χ0) is 17.6. The Kier molecular flexibility index (Phi) is 4.75. The van der Waals surface area contributed by atoms with E-state index in [4.69, 9.17) is 4.74 Å². The van der Waals surface area contributed by atoms with Crippen LogP contribution in [0.3, 0.4) is 0 Å². The molecule has 2 bridgehead atoms. The van der Waals surface area contributed by atoms with Gasteiger partial charge in [0.25, 0.3) is 0 Å². The zero-order valence-corrected chi connectivity index (χ0v) is 14.7. The normalized spacial score (nSPS) is 36.3. The van der Waals surface area contributed by atoms with E-state index in [0.29, 0.717) is 18.1 Å². The maximum atomic E-state index is 12.2. The summed E-state index contributed by atoms with van der Waals surface area (Å²) in [4.78, 5) is 16.7. The molecule has 0 aromatic rings. The Morgan fingerprint density at radius 2 is 2.04 bits per heavy atom. The minimum atomic E-state index is -1.13. The van der Waals surface area contributed by atoms with Crippen LogP contribution in [0.2, 0.25) is 0 Å². The van der Waals surface area contributed by atoms with Crippen LogP contribution in [0, 0.1) is 17.3 Å². The highest BCUT2D eigenvalue weighted by Gasteiger charge is 2.61. The van der Waals surface area contributed by atoms with Crippen molar-refractivity contribution in [2.75, 3.05) is 0 Å². The van der Waals surface area contributed by atoms with E-state index in [-0.39, 0.29) is 17.4 Å². The number of nitrogens with zero attached hydrogens (tertiary/aromatic N) is 1. The highest BCUT2D eigenvalue weighted by atomic mass is 16.5. The summed E-state index contributed by atoms with van der Waals surface area (Å²) in [5, 5.41) is 21.0. The van der Waals surface area contributed by atoms with Gasteiger partial charge in [-0.1, -0.05) is 19.9 Å². The van der Waals surface area contributed by atoms with Crippen molar-refractivity contribution in [1.82, 2.24) is 0 Å². The number of hydrogen-bond donors (Lipinski definition) is 2. The molecule has 3 aliphatic carbocycles. The maximum Gasteiger partial charge on any atom is 0.334 e. The Bertz CT molecular complexity index is 521. The molecule has 3 rings (SSSR count). The average Bonchev–Trinajstić information content (AvgIpc) is 2.42. The van der Waals surface area contributed by atoms with Crippen LogP contribution in [0.15, 0.2) is 17.6 Å². The average molecular weight is 323 g/mol. The van der Waals surface area contributed by atoms with E-state index in [9.17, 15) is 15.0 Å². The lowest BCUT2D eigenvalue weighted by Crippen LogP contribution is -2.65. The molecule has 3 saturated carbocycles. The number of carbonyl (C=O) groups excluding carboxylic acids is 1. The van der Waals surface area contributed by atoms with Crippen LogP contribution >= 0.6 is 0 Å². The van der Waals surface area contributed by atoms with Gasteiger partial charge in [-0.25, -0.2) is 4.79 Å². The Labute approximate surface area is 138 Å². The van der Waals surface area contributed by atoms with E-state index in [1.54, 1.807) is 20.8 Å². The molecule has 23 heavy (non-hydrogen) atoms. The molecule has 130 valence electrons. The molecule has 3 fully saturated rings. The van der Waals surface area contributed by atoms with E-state index in [0.717, 1.165) is 6.42 Å². The fourth-order valence-corrected chi connectivity index (χ4v) is 4.01. The predicted octanol–water partition coefficient (Wildman–Crippen LogP) is 2.11.